The number of carbonyl (C=O) groups is 1. The maximum Gasteiger partial charge on any atom is 0.236 e. The van der Waals surface area contributed by atoms with Crippen molar-refractivity contribution in [2.24, 2.45) is 0 Å². The predicted molar refractivity (Wildman–Crippen MR) is 70.8 cm³/mol. The molecule has 0 aliphatic carbocycles. The summed E-state index contributed by atoms with van der Waals surface area (Å²) in [6.07, 6.45) is 0. The van der Waals surface area contributed by atoms with Gasteiger partial charge in [-0.05, 0) is 38.0 Å². The number of nitrogens with zero attached hydrogens (tertiary/aromatic N) is 1. The molecule has 0 saturated heterocycles. The van der Waals surface area contributed by atoms with Gasteiger partial charge in [0, 0.05) is 19.6 Å². The molecule has 0 aliphatic heterocycles. The van der Waals surface area contributed by atoms with Crippen LogP contribution < -0.4 is 5.32 Å². The van der Waals surface area contributed by atoms with Crippen molar-refractivity contribution in [3.63, 3.8) is 0 Å². The van der Waals surface area contributed by atoms with Crippen LogP contribution in [0.5, 0.6) is 0 Å². The van der Waals surface area contributed by atoms with E-state index in [1.54, 1.807) is 17.9 Å². The van der Waals surface area contributed by atoms with Crippen LogP contribution in [-0.4, -0.2) is 30.4 Å². The van der Waals surface area contributed by atoms with Crippen LogP contribution in [0.3, 0.4) is 0 Å². The Labute approximate surface area is 108 Å². The SMILES string of the molecule is CCN(CC)C(=O)CNCc1ccc(C)c(F)c1. The molecule has 0 unspecified atom stereocenters. The van der Waals surface area contributed by atoms with Gasteiger partial charge in [0.1, 0.15) is 5.82 Å². The summed E-state index contributed by atoms with van der Waals surface area (Å²) in [4.78, 5) is 13.5. The minimum Gasteiger partial charge on any atom is -0.342 e. The van der Waals surface area contributed by atoms with Crippen LogP contribution in [-0.2, 0) is 11.3 Å². The van der Waals surface area contributed by atoms with Crippen LogP contribution in [0, 0.1) is 12.7 Å². The fourth-order valence-electron chi connectivity index (χ4n) is 1.75. The number of aryl methyl sites for hydroxylation is 1. The van der Waals surface area contributed by atoms with Gasteiger partial charge in [0.15, 0.2) is 0 Å². The average molecular weight is 252 g/mol. The molecule has 3 nitrogen and oxygen atoms in total. The average Bonchev–Trinajstić information content (AvgIpc) is 2.35. The van der Waals surface area contributed by atoms with E-state index in [9.17, 15) is 9.18 Å². The Morgan fingerprint density at radius 3 is 2.56 bits per heavy atom. The van der Waals surface area contributed by atoms with Crippen LogP contribution >= 0.6 is 0 Å². The van der Waals surface area contributed by atoms with Crippen molar-refractivity contribution in [1.82, 2.24) is 10.2 Å². The standard InChI is InChI=1S/C14H21FN2O/c1-4-17(5-2)14(18)10-16-9-12-7-6-11(3)13(15)8-12/h6-8,16H,4-5,9-10H2,1-3H3. The van der Waals surface area contributed by atoms with E-state index in [1.807, 2.05) is 19.9 Å². The summed E-state index contributed by atoms with van der Waals surface area (Å²) in [5.74, 6) is -0.128. The minimum atomic E-state index is -0.204. The van der Waals surface area contributed by atoms with Crippen LogP contribution in [0.2, 0.25) is 0 Å². The van der Waals surface area contributed by atoms with Crippen molar-refractivity contribution in [2.75, 3.05) is 19.6 Å². The first-order chi connectivity index (χ1) is 8.58. The van der Waals surface area contributed by atoms with E-state index in [2.05, 4.69) is 5.32 Å². The molecule has 1 amide bonds. The number of carbonyl (C=O) groups excluding carboxylic acids is 1. The lowest BCUT2D eigenvalue weighted by Crippen LogP contribution is -2.37. The summed E-state index contributed by atoms with van der Waals surface area (Å²) in [7, 11) is 0. The lowest BCUT2D eigenvalue weighted by Gasteiger charge is -2.18. The van der Waals surface area contributed by atoms with Crippen molar-refractivity contribution < 1.29 is 9.18 Å². The van der Waals surface area contributed by atoms with Crippen molar-refractivity contribution in [3.05, 3.63) is 35.1 Å². The highest BCUT2D eigenvalue weighted by molar-refractivity contribution is 5.78. The monoisotopic (exact) mass is 252 g/mol. The highest BCUT2D eigenvalue weighted by Gasteiger charge is 2.08. The second kappa shape index (κ2) is 7.11. The Bertz CT molecular complexity index is 403. The second-order valence-electron chi connectivity index (χ2n) is 4.25. The van der Waals surface area contributed by atoms with Gasteiger partial charge in [-0.15, -0.1) is 0 Å². The number of nitrogens with one attached hydrogen (secondary N) is 1. The number of hydrogen-bond acceptors (Lipinski definition) is 2. The molecule has 0 fully saturated rings. The maximum absolute atomic E-state index is 13.3. The third kappa shape index (κ3) is 4.11. The molecule has 1 aromatic carbocycles. The number of likely N-dealkylation sites (N-methyl/N-ethyl adjacent to an activating group) is 1. The van der Waals surface area contributed by atoms with Crippen molar-refractivity contribution >= 4 is 5.91 Å². The molecule has 0 radical (unpaired) electrons. The van der Waals surface area contributed by atoms with E-state index < -0.39 is 0 Å². The third-order valence-corrected chi connectivity index (χ3v) is 2.96. The number of amides is 1. The van der Waals surface area contributed by atoms with Gasteiger partial charge in [-0.3, -0.25) is 4.79 Å². The van der Waals surface area contributed by atoms with E-state index >= 15 is 0 Å². The Balaban J connectivity index is 2.41. The van der Waals surface area contributed by atoms with Crippen LogP contribution in [0.1, 0.15) is 25.0 Å². The summed E-state index contributed by atoms with van der Waals surface area (Å²) < 4.78 is 13.3. The van der Waals surface area contributed by atoms with Gasteiger partial charge in [0.05, 0.1) is 6.54 Å². The molecule has 4 heteroatoms. The fraction of sp³-hybridized carbons (Fsp3) is 0.500. The minimum absolute atomic E-state index is 0.0765. The van der Waals surface area contributed by atoms with Gasteiger partial charge < -0.3 is 10.2 Å². The number of halogens is 1. The number of hydrogen-bond donors (Lipinski definition) is 1. The Morgan fingerprint density at radius 1 is 1.33 bits per heavy atom. The predicted octanol–water partition coefficient (Wildman–Crippen LogP) is 2.09. The molecule has 1 N–H and O–H groups in total. The summed E-state index contributed by atoms with van der Waals surface area (Å²) in [5, 5.41) is 3.04. The largest absolute Gasteiger partial charge is 0.342 e. The molecule has 0 bridgehead atoms. The van der Waals surface area contributed by atoms with Gasteiger partial charge in [-0.2, -0.15) is 0 Å². The van der Waals surface area contributed by atoms with E-state index in [0.717, 1.165) is 18.7 Å². The molecule has 0 aromatic heterocycles. The zero-order chi connectivity index (χ0) is 13.5. The molecular weight excluding hydrogens is 231 g/mol. The van der Waals surface area contributed by atoms with Crippen molar-refractivity contribution in [2.45, 2.75) is 27.3 Å². The molecule has 18 heavy (non-hydrogen) atoms. The summed E-state index contributed by atoms with van der Waals surface area (Å²) >= 11 is 0. The summed E-state index contributed by atoms with van der Waals surface area (Å²) in [5.41, 5.74) is 1.49. The first kappa shape index (κ1) is 14.6. The molecule has 100 valence electrons. The topological polar surface area (TPSA) is 32.3 Å². The van der Waals surface area contributed by atoms with Crippen LogP contribution in [0.15, 0.2) is 18.2 Å². The molecule has 0 saturated carbocycles. The van der Waals surface area contributed by atoms with Crippen LogP contribution in [0.25, 0.3) is 0 Å². The molecule has 1 rings (SSSR count). The Hall–Kier alpha value is -1.42. The second-order valence-corrected chi connectivity index (χ2v) is 4.25. The molecule has 0 aliphatic rings. The van der Waals surface area contributed by atoms with Crippen molar-refractivity contribution in [1.29, 1.82) is 0 Å². The summed E-state index contributed by atoms with van der Waals surface area (Å²) in [6, 6.07) is 5.12. The van der Waals surface area contributed by atoms with E-state index in [0.29, 0.717) is 12.1 Å². The van der Waals surface area contributed by atoms with Crippen molar-refractivity contribution in [3.8, 4) is 0 Å². The zero-order valence-electron chi connectivity index (χ0n) is 11.3. The first-order valence-corrected chi connectivity index (χ1v) is 6.32. The third-order valence-electron chi connectivity index (χ3n) is 2.96. The van der Waals surface area contributed by atoms with E-state index in [4.69, 9.17) is 0 Å². The molecule has 1 aromatic rings. The lowest BCUT2D eigenvalue weighted by molar-refractivity contribution is -0.129. The number of benzene rings is 1. The smallest absolute Gasteiger partial charge is 0.236 e. The van der Waals surface area contributed by atoms with E-state index in [1.165, 1.54) is 6.07 Å². The van der Waals surface area contributed by atoms with Gasteiger partial charge in [-0.25, -0.2) is 4.39 Å². The molecular formula is C14H21FN2O. The molecule has 0 heterocycles. The maximum atomic E-state index is 13.3. The van der Waals surface area contributed by atoms with E-state index in [-0.39, 0.29) is 18.3 Å². The summed E-state index contributed by atoms with van der Waals surface area (Å²) in [6.45, 7) is 7.87. The fourth-order valence-corrected chi connectivity index (χ4v) is 1.75. The van der Waals surface area contributed by atoms with Gasteiger partial charge in [0.2, 0.25) is 5.91 Å². The Kier molecular flexibility index (Phi) is 5.78. The molecule has 0 spiro atoms. The highest BCUT2D eigenvalue weighted by Crippen LogP contribution is 2.08. The normalized spacial score (nSPS) is 10.4. The first-order valence-electron chi connectivity index (χ1n) is 6.32. The Morgan fingerprint density at radius 2 is 2.00 bits per heavy atom. The molecule has 0 atom stereocenters. The van der Waals surface area contributed by atoms with Gasteiger partial charge >= 0.3 is 0 Å². The van der Waals surface area contributed by atoms with Gasteiger partial charge in [-0.1, -0.05) is 12.1 Å². The zero-order valence-corrected chi connectivity index (χ0v) is 11.3. The quantitative estimate of drug-likeness (QED) is 0.841. The van der Waals surface area contributed by atoms with Gasteiger partial charge in [0.25, 0.3) is 0 Å². The van der Waals surface area contributed by atoms with Crippen LogP contribution in [0.4, 0.5) is 4.39 Å². The lowest BCUT2D eigenvalue weighted by atomic mass is 10.1. The highest BCUT2D eigenvalue weighted by atomic mass is 19.1. The number of rotatable bonds is 6.